The summed E-state index contributed by atoms with van der Waals surface area (Å²) in [5.74, 6) is 1.77. The molecule has 2 aromatic rings. The van der Waals surface area contributed by atoms with E-state index in [2.05, 4.69) is 28.2 Å². The lowest BCUT2D eigenvalue weighted by atomic mass is 10.1. The predicted molar refractivity (Wildman–Crippen MR) is 76.1 cm³/mol. The normalized spacial score (nSPS) is 12.2. The average molecular weight is 310 g/mol. The maximum absolute atomic E-state index is 5.43. The topological polar surface area (TPSA) is 34.4 Å². The molecule has 0 saturated carbocycles. The lowest BCUT2D eigenvalue weighted by molar-refractivity contribution is 0.412. The van der Waals surface area contributed by atoms with Crippen LogP contribution < -0.4 is 10.1 Å². The quantitative estimate of drug-likeness (QED) is 0.875. The van der Waals surface area contributed by atoms with Crippen molar-refractivity contribution in [1.29, 1.82) is 0 Å². The summed E-state index contributed by atoms with van der Waals surface area (Å²) in [6, 6.07) is 10.0. The van der Waals surface area contributed by atoms with E-state index >= 15 is 0 Å². The summed E-state index contributed by atoms with van der Waals surface area (Å²) < 4.78 is 11.6. The molecule has 1 atom stereocenters. The van der Waals surface area contributed by atoms with Crippen molar-refractivity contribution in [3.63, 3.8) is 0 Å². The van der Waals surface area contributed by atoms with Crippen molar-refractivity contribution in [2.45, 2.75) is 19.4 Å². The van der Waals surface area contributed by atoms with Crippen LogP contribution in [0.25, 0.3) is 0 Å². The van der Waals surface area contributed by atoms with Gasteiger partial charge in [0.1, 0.15) is 11.5 Å². The molecule has 96 valence electrons. The molecule has 18 heavy (non-hydrogen) atoms. The summed E-state index contributed by atoms with van der Waals surface area (Å²) in [6.07, 6.45) is 2.65. The molecule has 0 aliphatic carbocycles. The van der Waals surface area contributed by atoms with Gasteiger partial charge in [-0.3, -0.25) is 0 Å². The minimum Gasteiger partial charge on any atom is -0.496 e. The number of furan rings is 1. The first-order valence-electron chi connectivity index (χ1n) is 5.88. The molecule has 1 aromatic carbocycles. The van der Waals surface area contributed by atoms with Crippen LogP contribution in [0.2, 0.25) is 0 Å². The molecule has 0 aliphatic heterocycles. The van der Waals surface area contributed by atoms with Gasteiger partial charge in [0.15, 0.2) is 0 Å². The molecule has 2 rings (SSSR count). The Bertz CT molecular complexity index is 497. The molecule has 0 radical (unpaired) electrons. The third kappa shape index (κ3) is 2.88. The summed E-state index contributed by atoms with van der Waals surface area (Å²) >= 11 is 3.48. The predicted octanol–water partition coefficient (Wildman–Crippen LogP) is 4.61. The molecule has 0 amide bonds. The first-order valence-corrected chi connectivity index (χ1v) is 6.67. The fraction of sp³-hybridized carbons (Fsp3) is 0.286. The van der Waals surface area contributed by atoms with E-state index in [0.29, 0.717) is 0 Å². The Morgan fingerprint density at radius 1 is 1.39 bits per heavy atom. The number of anilines is 1. The van der Waals surface area contributed by atoms with Gasteiger partial charge < -0.3 is 14.5 Å². The minimum atomic E-state index is 0.181. The van der Waals surface area contributed by atoms with Gasteiger partial charge in [0, 0.05) is 5.69 Å². The van der Waals surface area contributed by atoms with Gasteiger partial charge in [-0.05, 0) is 52.7 Å². The van der Waals surface area contributed by atoms with E-state index in [1.54, 1.807) is 13.4 Å². The standard InChI is InChI=1S/C14H16BrNO2/c1-3-12(14-5-4-8-18-14)16-10-6-7-13(17-2)11(15)9-10/h4-9,12,16H,3H2,1-2H3. The van der Waals surface area contributed by atoms with Gasteiger partial charge in [0.2, 0.25) is 0 Å². The fourth-order valence-electron chi connectivity index (χ4n) is 1.82. The minimum absolute atomic E-state index is 0.181. The molecule has 0 fully saturated rings. The van der Waals surface area contributed by atoms with Crippen molar-refractivity contribution >= 4 is 21.6 Å². The van der Waals surface area contributed by atoms with Crippen LogP contribution in [0.4, 0.5) is 5.69 Å². The monoisotopic (exact) mass is 309 g/mol. The van der Waals surface area contributed by atoms with E-state index in [0.717, 1.165) is 28.1 Å². The van der Waals surface area contributed by atoms with Crippen LogP contribution in [0.15, 0.2) is 45.5 Å². The van der Waals surface area contributed by atoms with E-state index in [1.165, 1.54) is 0 Å². The van der Waals surface area contributed by atoms with Crippen LogP contribution in [0.3, 0.4) is 0 Å². The Hall–Kier alpha value is -1.42. The molecule has 1 aromatic heterocycles. The summed E-state index contributed by atoms with van der Waals surface area (Å²) in [7, 11) is 1.66. The van der Waals surface area contributed by atoms with E-state index in [9.17, 15) is 0 Å². The molecular weight excluding hydrogens is 294 g/mol. The van der Waals surface area contributed by atoms with Crippen LogP contribution in [0.5, 0.6) is 5.75 Å². The summed E-state index contributed by atoms with van der Waals surface area (Å²) in [6.45, 7) is 2.12. The van der Waals surface area contributed by atoms with Crippen LogP contribution in [-0.2, 0) is 0 Å². The average Bonchev–Trinajstić information content (AvgIpc) is 2.90. The third-order valence-electron chi connectivity index (χ3n) is 2.79. The molecule has 0 saturated heterocycles. The van der Waals surface area contributed by atoms with Crippen LogP contribution in [0.1, 0.15) is 25.1 Å². The molecule has 0 spiro atoms. The zero-order valence-electron chi connectivity index (χ0n) is 10.4. The van der Waals surface area contributed by atoms with Crippen molar-refractivity contribution in [3.05, 3.63) is 46.8 Å². The van der Waals surface area contributed by atoms with Gasteiger partial charge in [-0.15, -0.1) is 0 Å². The van der Waals surface area contributed by atoms with Gasteiger partial charge in [-0.1, -0.05) is 6.92 Å². The van der Waals surface area contributed by atoms with Crippen molar-refractivity contribution in [2.24, 2.45) is 0 Å². The Labute approximate surface area is 115 Å². The zero-order chi connectivity index (χ0) is 13.0. The lowest BCUT2D eigenvalue weighted by Gasteiger charge is -2.16. The molecular formula is C14H16BrNO2. The molecule has 3 nitrogen and oxygen atoms in total. The number of benzene rings is 1. The Morgan fingerprint density at radius 3 is 2.78 bits per heavy atom. The maximum Gasteiger partial charge on any atom is 0.133 e. The zero-order valence-corrected chi connectivity index (χ0v) is 12.0. The first kappa shape index (κ1) is 13.0. The molecule has 1 heterocycles. The highest BCUT2D eigenvalue weighted by Gasteiger charge is 2.12. The number of rotatable bonds is 5. The largest absolute Gasteiger partial charge is 0.496 e. The second-order valence-electron chi connectivity index (χ2n) is 3.97. The van der Waals surface area contributed by atoms with Gasteiger partial charge >= 0.3 is 0 Å². The fourth-order valence-corrected chi connectivity index (χ4v) is 2.36. The number of hydrogen-bond acceptors (Lipinski definition) is 3. The SMILES string of the molecule is CCC(Nc1ccc(OC)c(Br)c1)c1ccco1. The van der Waals surface area contributed by atoms with Gasteiger partial charge in [0.25, 0.3) is 0 Å². The summed E-state index contributed by atoms with van der Waals surface area (Å²) in [5.41, 5.74) is 1.03. The molecule has 4 heteroatoms. The van der Waals surface area contributed by atoms with Crippen molar-refractivity contribution in [2.75, 3.05) is 12.4 Å². The highest BCUT2D eigenvalue weighted by atomic mass is 79.9. The van der Waals surface area contributed by atoms with Crippen molar-refractivity contribution in [3.8, 4) is 5.75 Å². The first-order chi connectivity index (χ1) is 8.74. The van der Waals surface area contributed by atoms with Gasteiger partial charge in [-0.25, -0.2) is 0 Å². The Balaban J connectivity index is 2.15. The molecule has 1 N–H and O–H groups in total. The third-order valence-corrected chi connectivity index (χ3v) is 3.41. The maximum atomic E-state index is 5.43. The number of nitrogens with one attached hydrogen (secondary N) is 1. The number of hydrogen-bond donors (Lipinski definition) is 1. The number of ether oxygens (including phenoxy) is 1. The Morgan fingerprint density at radius 2 is 2.22 bits per heavy atom. The smallest absolute Gasteiger partial charge is 0.133 e. The highest BCUT2D eigenvalue weighted by molar-refractivity contribution is 9.10. The van der Waals surface area contributed by atoms with Gasteiger partial charge in [0.05, 0.1) is 23.9 Å². The Kier molecular flexibility index (Phi) is 4.31. The number of halogens is 1. The second-order valence-corrected chi connectivity index (χ2v) is 4.82. The van der Waals surface area contributed by atoms with E-state index in [-0.39, 0.29) is 6.04 Å². The van der Waals surface area contributed by atoms with Crippen LogP contribution >= 0.6 is 15.9 Å². The number of methoxy groups -OCH3 is 1. The second kappa shape index (κ2) is 5.96. The van der Waals surface area contributed by atoms with Crippen LogP contribution in [0, 0.1) is 0 Å². The van der Waals surface area contributed by atoms with Gasteiger partial charge in [-0.2, -0.15) is 0 Å². The van der Waals surface area contributed by atoms with E-state index < -0.39 is 0 Å². The van der Waals surface area contributed by atoms with Crippen LogP contribution in [-0.4, -0.2) is 7.11 Å². The molecule has 1 unspecified atom stereocenters. The van der Waals surface area contributed by atoms with Crippen molar-refractivity contribution < 1.29 is 9.15 Å². The van der Waals surface area contributed by atoms with E-state index in [1.807, 2.05) is 30.3 Å². The summed E-state index contributed by atoms with van der Waals surface area (Å²) in [4.78, 5) is 0. The van der Waals surface area contributed by atoms with E-state index in [4.69, 9.17) is 9.15 Å². The lowest BCUT2D eigenvalue weighted by Crippen LogP contribution is -2.08. The molecule has 0 bridgehead atoms. The highest BCUT2D eigenvalue weighted by Crippen LogP contribution is 2.30. The van der Waals surface area contributed by atoms with Crippen molar-refractivity contribution in [1.82, 2.24) is 0 Å². The molecule has 0 aliphatic rings. The summed E-state index contributed by atoms with van der Waals surface area (Å²) in [5, 5.41) is 3.44.